The molecular formula is C16H15N9. The van der Waals surface area contributed by atoms with E-state index in [1.165, 1.54) is 4.68 Å². The molecule has 9 heteroatoms. The third-order valence-corrected chi connectivity index (χ3v) is 3.67. The van der Waals surface area contributed by atoms with Gasteiger partial charge in [-0.3, -0.25) is 0 Å². The lowest BCUT2D eigenvalue weighted by molar-refractivity contribution is 0.612. The maximum Gasteiger partial charge on any atom is 0.240 e. The van der Waals surface area contributed by atoms with Crippen molar-refractivity contribution >= 4 is 5.95 Å². The van der Waals surface area contributed by atoms with Crippen molar-refractivity contribution in [1.29, 1.82) is 0 Å². The van der Waals surface area contributed by atoms with Crippen LogP contribution in [0.2, 0.25) is 0 Å². The van der Waals surface area contributed by atoms with Crippen molar-refractivity contribution in [2.75, 3.05) is 5.73 Å². The number of aromatic nitrogens is 8. The number of nitrogens with two attached hydrogens (primary N) is 1. The van der Waals surface area contributed by atoms with Crippen molar-refractivity contribution in [3.8, 4) is 17.2 Å². The minimum absolute atomic E-state index is 0.216. The van der Waals surface area contributed by atoms with Crippen molar-refractivity contribution in [2.45, 2.75) is 13.5 Å². The Morgan fingerprint density at radius 3 is 2.68 bits per heavy atom. The Bertz CT molecular complexity index is 1000. The first-order chi connectivity index (χ1) is 12.2. The molecule has 4 rings (SSSR count). The average Bonchev–Trinajstić information content (AvgIpc) is 3.23. The highest BCUT2D eigenvalue weighted by molar-refractivity contribution is 5.54. The van der Waals surface area contributed by atoms with Gasteiger partial charge in [0.25, 0.3) is 0 Å². The number of nitrogen functional groups attached to an aromatic ring is 1. The number of nitrogens with zero attached hydrogens (tertiary/aromatic N) is 8. The smallest absolute Gasteiger partial charge is 0.240 e. The molecule has 4 aromatic rings. The fourth-order valence-electron chi connectivity index (χ4n) is 2.43. The standard InChI is InChI=1S/C16H15N9/c1-11-7-8-18-13(9-11)25-14(10-24-16(17)20-22-23-24)19-15(21-25)12-5-3-2-4-6-12/h2-9H,10H2,1H3,(H2,17,20,23). The van der Waals surface area contributed by atoms with Crippen LogP contribution in [-0.4, -0.2) is 40.0 Å². The van der Waals surface area contributed by atoms with Crippen LogP contribution in [0, 0.1) is 6.92 Å². The molecule has 25 heavy (non-hydrogen) atoms. The van der Waals surface area contributed by atoms with Crippen LogP contribution in [0.3, 0.4) is 0 Å². The largest absolute Gasteiger partial charge is 0.367 e. The van der Waals surface area contributed by atoms with Crippen molar-refractivity contribution in [1.82, 2.24) is 40.0 Å². The lowest BCUT2D eigenvalue weighted by Crippen LogP contribution is -2.12. The van der Waals surface area contributed by atoms with Gasteiger partial charge in [0.05, 0.1) is 0 Å². The van der Waals surface area contributed by atoms with Gasteiger partial charge >= 0.3 is 0 Å². The molecule has 0 saturated heterocycles. The number of tetrazole rings is 1. The van der Waals surface area contributed by atoms with Gasteiger partial charge in [-0.15, -0.1) is 5.10 Å². The third kappa shape index (κ3) is 2.94. The van der Waals surface area contributed by atoms with Crippen molar-refractivity contribution in [3.05, 3.63) is 60.0 Å². The Balaban J connectivity index is 1.83. The number of rotatable bonds is 4. The predicted octanol–water partition coefficient (Wildman–Crippen LogP) is 1.25. The second kappa shape index (κ2) is 6.11. The Kier molecular flexibility index (Phi) is 3.65. The molecule has 1 aromatic carbocycles. The first kappa shape index (κ1) is 14.9. The van der Waals surface area contributed by atoms with E-state index in [0.29, 0.717) is 17.5 Å². The van der Waals surface area contributed by atoms with E-state index in [2.05, 4.69) is 30.6 Å². The zero-order valence-electron chi connectivity index (χ0n) is 13.5. The summed E-state index contributed by atoms with van der Waals surface area (Å²) in [6, 6.07) is 13.6. The van der Waals surface area contributed by atoms with Gasteiger partial charge in [-0.2, -0.15) is 4.68 Å². The lowest BCUT2D eigenvalue weighted by Gasteiger charge is -2.05. The van der Waals surface area contributed by atoms with E-state index in [1.807, 2.05) is 49.4 Å². The molecule has 0 amide bonds. The lowest BCUT2D eigenvalue weighted by atomic mass is 10.2. The van der Waals surface area contributed by atoms with Gasteiger partial charge in [-0.1, -0.05) is 35.4 Å². The van der Waals surface area contributed by atoms with Crippen molar-refractivity contribution < 1.29 is 0 Å². The van der Waals surface area contributed by atoms with Crippen LogP contribution in [-0.2, 0) is 6.54 Å². The fraction of sp³-hybridized carbons (Fsp3) is 0.125. The molecule has 9 nitrogen and oxygen atoms in total. The minimum atomic E-state index is 0.216. The first-order valence-corrected chi connectivity index (χ1v) is 7.67. The van der Waals surface area contributed by atoms with Gasteiger partial charge < -0.3 is 5.73 Å². The molecular weight excluding hydrogens is 318 g/mol. The molecule has 0 spiro atoms. The van der Waals surface area contributed by atoms with Crippen LogP contribution in [0.1, 0.15) is 11.4 Å². The average molecular weight is 333 g/mol. The second-order valence-electron chi connectivity index (χ2n) is 5.52. The molecule has 124 valence electrons. The normalized spacial score (nSPS) is 10.9. The van der Waals surface area contributed by atoms with Crippen LogP contribution in [0.15, 0.2) is 48.7 Å². The van der Waals surface area contributed by atoms with E-state index < -0.39 is 0 Å². The van der Waals surface area contributed by atoms with Crippen molar-refractivity contribution in [2.24, 2.45) is 0 Å². The number of pyridine rings is 1. The zero-order chi connectivity index (χ0) is 17.2. The van der Waals surface area contributed by atoms with Crippen LogP contribution < -0.4 is 5.73 Å². The van der Waals surface area contributed by atoms with E-state index >= 15 is 0 Å². The SMILES string of the molecule is Cc1ccnc(-n2nc(-c3ccccc3)nc2Cn2nnnc2N)c1. The van der Waals surface area contributed by atoms with E-state index in [9.17, 15) is 0 Å². The monoisotopic (exact) mass is 333 g/mol. The van der Waals surface area contributed by atoms with Crippen LogP contribution in [0.4, 0.5) is 5.95 Å². The molecule has 3 heterocycles. The molecule has 0 aliphatic carbocycles. The molecule has 3 aromatic heterocycles. The molecule has 2 N–H and O–H groups in total. The summed E-state index contributed by atoms with van der Waals surface area (Å²) in [7, 11) is 0. The molecule has 0 atom stereocenters. The highest BCUT2D eigenvalue weighted by atomic mass is 15.6. The Labute approximate surface area is 143 Å². The molecule has 0 radical (unpaired) electrons. The topological polar surface area (TPSA) is 113 Å². The van der Waals surface area contributed by atoms with Crippen LogP contribution in [0.5, 0.6) is 0 Å². The summed E-state index contributed by atoms with van der Waals surface area (Å²) < 4.78 is 3.15. The summed E-state index contributed by atoms with van der Waals surface area (Å²) in [6.45, 7) is 2.29. The van der Waals surface area contributed by atoms with Gasteiger partial charge in [0.2, 0.25) is 5.95 Å². The second-order valence-corrected chi connectivity index (χ2v) is 5.52. The van der Waals surface area contributed by atoms with E-state index in [4.69, 9.17) is 5.73 Å². The molecule has 0 aliphatic heterocycles. The quantitative estimate of drug-likeness (QED) is 0.598. The van der Waals surface area contributed by atoms with E-state index in [1.54, 1.807) is 10.9 Å². The Morgan fingerprint density at radius 1 is 1.12 bits per heavy atom. The summed E-state index contributed by atoms with van der Waals surface area (Å²) in [5, 5.41) is 15.8. The Morgan fingerprint density at radius 2 is 1.96 bits per heavy atom. The summed E-state index contributed by atoms with van der Waals surface area (Å²) in [4.78, 5) is 9.04. The fourth-order valence-corrected chi connectivity index (χ4v) is 2.43. The Hall–Kier alpha value is -3.62. The van der Waals surface area contributed by atoms with Gasteiger partial charge in [0, 0.05) is 11.8 Å². The number of hydrogen-bond acceptors (Lipinski definition) is 7. The molecule has 0 bridgehead atoms. The number of benzene rings is 1. The zero-order valence-corrected chi connectivity index (χ0v) is 13.5. The highest BCUT2D eigenvalue weighted by Crippen LogP contribution is 2.18. The van der Waals surface area contributed by atoms with E-state index in [-0.39, 0.29) is 12.5 Å². The van der Waals surface area contributed by atoms with Gasteiger partial charge in [-0.25, -0.2) is 14.6 Å². The minimum Gasteiger partial charge on any atom is -0.367 e. The highest BCUT2D eigenvalue weighted by Gasteiger charge is 2.16. The van der Waals surface area contributed by atoms with Crippen LogP contribution >= 0.6 is 0 Å². The predicted molar refractivity (Wildman–Crippen MR) is 90.7 cm³/mol. The molecule has 0 fully saturated rings. The molecule has 0 saturated carbocycles. The van der Waals surface area contributed by atoms with Gasteiger partial charge in [0.15, 0.2) is 17.5 Å². The number of aryl methyl sites for hydroxylation is 1. The summed E-state index contributed by atoms with van der Waals surface area (Å²) in [5.41, 5.74) is 7.77. The van der Waals surface area contributed by atoms with Gasteiger partial charge in [0.1, 0.15) is 6.54 Å². The third-order valence-electron chi connectivity index (χ3n) is 3.67. The first-order valence-electron chi connectivity index (χ1n) is 7.67. The number of anilines is 1. The molecule has 0 aliphatic rings. The maximum absolute atomic E-state index is 5.77. The van der Waals surface area contributed by atoms with Crippen molar-refractivity contribution in [3.63, 3.8) is 0 Å². The number of hydrogen-bond donors (Lipinski definition) is 1. The summed E-state index contributed by atoms with van der Waals surface area (Å²) >= 11 is 0. The maximum atomic E-state index is 5.77. The van der Waals surface area contributed by atoms with E-state index in [0.717, 1.165) is 11.1 Å². The van der Waals surface area contributed by atoms with Gasteiger partial charge in [-0.05, 0) is 35.0 Å². The summed E-state index contributed by atoms with van der Waals surface area (Å²) in [5.74, 6) is 2.13. The van der Waals surface area contributed by atoms with Crippen LogP contribution in [0.25, 0.3) is 17.2 Å². The molecule has 0 unspecified atom stereocenters. The summed E-state index contributed by atoms with van der Waals surface area (Å²) in [6.07, 6.45) is 1.74.